The first-order valence-electron chi connectivity index (χ1n) is 6.76. The Morgan fingerprint density at radius 1 is 1.59 bits per heavy atom. The molecule has 0 spiro atoms. The van der Waals surface area contributed by atoms with Gasteiger partial charge in [-0.15, -0.1) is 0 Å². The third kappa shape index (κ3) is 3.33. The molecule has 0 bridgehead atoms. The molecular formula is C14H24N2O. The van der Waals surface area contributed by atoms with Gasteiger partial charge in [0, 0.05) is 37.6 Å². The van der Waals surface area contributed by atoms with E-state index >= 15 is 0 Å². The lowest BCUT2D eigenvalue weighted by molar-refractivity contribution is 0.178. The average molecular weight is 236 g/mol. The highest BCUT2D eigenvalue weighted by atomic mass is 16.5. The van der Waals surface area contributed by atoms with Crippen molar-refractivity contribution < 1.29 is 4.74 Å². The van der Waals surface area contributed by atoms with Crippen LogP contribution in [0.5, 0.6) is 0 Å². The van der Waals surface area contributed by atoms with Gasteiger partial charge in [-0.1, -0.05) is 6.92 Å². The molecule has 2 rings (SSSR count). The van der Waals surface area contributed by atoms with Gasteiger partial charge in [0.25, 0.3) is 0 Å². The molecule has 0 amide bonds. The first-order chi connectivity index (χ1) is 8.31. The van der Waals surface area contributed by atoms with Crippen LogP contribution in [0.1, 0.15) is 32.4 Å². The SMILES string of the molecule is CCCn1cccc1CNC(C)C1CCOC1. The Hall–Kier alpha value is -0.800. The molecule has 2 unspecified atom stereocenters. The van der Waals surface area contributed by atoms with E-state index in [-0.39, 0.29) is 0 Å². The van der Waals surface area contributed by atoms with Crippen molar-refractivity contribution in [1.82, 2.24) is 9.88 Å². The molecule has 1 saturated heterocycles. The molecule has 0 radical (unpaired) electrons. The molecule has 0 aliphatic carbocycles. The zero-order chi connectivity index (χ0) is 12.1. The highest BCUT2D eigenvalue weighted by molar-refractivity contribution is 5.07. The predicted octanol–water partition coefficient (Wildman–Crippen LogP) is 2.41. The fraction of sp³-hybridized carbons (Fsp3) is 0.714. The molecule has 1 fully saturated rings. The van der Waals surface area contributed by atoms with Crippen molar-refractivity contribution in [2.24, 2.45) is 5.92 Å². The maximum atomic E-state index is 5.43. The van der Waals surface area contributed by atoms with Gasteiger partial charge in [0.15, 0.2) is 0 Å². The number of aromatic nitrogens is 1. The van der Waals surface area contributed by atoms with Crippen LogP contribution in [0, 0.1) is 5.92 Å². The Morgan fingerprint density at radius 2 is 2.47 bits per heavy atom. The fourth-order valence-corrected chi connectivity index (χ4v) is 2.45. The van der Waals surface area contributed by atoms with Crippen LogP contribution in [-0.4, -0.2) is 23.8 Å². The van der Waals surface area contributed by atoms with E-state index in [1.807, 2.05) is 0 Å². The largest absolute Gasteiger partial charge is 0.381 e. The number of aryl methyl sites for hydroxylation is 1. The molecule has 0 aromatic carbocycles. The molecule has 2 heterocycles. The van der Waals surface area contributed by atoms with Gasteiger partial charge in [-0.25, -0.2) is 0 Å². The molecule has 0 saturated carbocycles. The summed E-state index contributed by atoms with van der Waals surface area (Å²) in [4.78, 5) is 0. The minimum absolute atomic E-state index is 0.544. The van der Waals surface area contributed by atoms with Gasteiger partial charge in [0.05, 0.1) is 6.61 Å². The molecule has 3 nitrogen and oxygen atoms in total. The van der Waals surface area contributed by atoms with Crippen molar-refractivity contribution >= 4 is 0 Å². The Bertz CT molecular complexity index is 329. The lowest BCUT2D eigenvalue weighted by Crippen LogP contribution is -2.33. The van der Waals surface area contributed by atoms with E-state index < -0.39 is 0 Å². The van der Waals surface area contributed by atoms with Gasteiger partial charge >= 0.3 is 0 Å². The Labute approximate surface area is 104 Å². The second-order valence-electron chi connectivity index (χ2n) is 4.99. The Balaban J connectivity index is 1.81. The maximum Gasteiger partial charge on any atom is 0.0509 e. The Morgan fingerprint density at radius 3 is 3.18 bits per heavy atom. The molecule has 2 atom stereocenters. The highest BCUT2D eigenvalue weighted by Crippen LogP contribution is 2.16. The van der Waals surface area contributed by atoms with Gasteiger partial charge in [-0.2, -0.15) is 0 Å². The monoisotopic (exact) mass is 236 g/mol. The van der Waals surface area contributed by atoms with Crippen molar-refractivity contribution in [2.75, 3.05) is 13.2 Å². The van der Waals surface area contributed by atoms with Crippen LogP contribution in [0.25, 0.3) is 0 Å². The van der Waals surface area contributed by atoms with E-state index in [9.17, 15) is 0 Å². The lowest BCUT2D eigenvalue weighted by Gasteiger charge is -2.19. The number of hydrogen-bond donors (Lipinski definition) is 1. The summed E-state index contributed by atoms with van der Waals surface area (Å²) in [7, 11) is 0. The number of hydrogen-bond acceptors (Lipinski definition) is 2. The number of ether oxygens (including phenoxy) is 1. The normalized spacial score (nSPS) is 21.9. The maximum absolute atomic E-state index is 5.43. The Kier molecular flexibility index (Phi) is 4.63. The topological polar surface area (TPSA) is 26.2 Å². The van der Waals surface area contributed by atoms with Gasteiger partial charge in [0.1, 0.15) is 0 Å². The van der Waals surface area contributed by atoms with Crippen molar-refractivity contribution in [1.29, 1.82) is 0 Å². The molecule has 3 heteroatoms. The third-order valence-electron chi connectivity index (χ3n) is 3.67. The molecular weight excluding hydrogens is 212 g/mol. The van der Waals surface area contributed by atoms with Crippen molar-refractivity contribution in [3.8, 4) is 0 Å². The number of nitrogens with zero attached hydrogens (tertiary/aromatic N) is 1. The van der Waals surface area contributed by atoms with Crippen LogP contribution in [0.2, 0.25) is 0 Å². The second kappa shape index (κ2) is 6.22. The van der Waals surface area contributed by atoms with Crippen molar-refractivity contribution in [2.45, 2.75) is 45.8 Å². The minimum Gasteiger partial charge on any atom is -0.381 e. The van der Waals surface area contributed by atoms with E-state index in [1.165, 1.54) is 18.5 Å². The first kappa shape index (κ1) is 12.7. The minimum atomic E-state index is 0.544. The first-order valence-corrected chi connectivity index (χ1v) is 6.76. The summed E-state index contributed by atoms with van der Waals surface area (Å²) < 4.78 is 7.77. The van der Waals surface area contributed by atoms with E-state index in [0.717, 1.165) is 26.3 Å². The number of nitrogens with one attached hydrogen (secondary N) is 1. The van der Waals surface area contributed by atoms with Gasteiger partial charge < -0.3 is 14.6 Å². The van der Waals surface area contributed by atoms with Crippen LogP contribution < -0.4 is 5.32 Å². The standard InChI is InChI=1S/C14H24N2O/c1-3-7-16-8-4-5-14(16)10-15-12(2)13-6-9-17-11-13/h4-5,8,12-13,15H,3,6-7,9-11H2,1-2H3. The summed E-state index contributed by atoms with van der Waals surface area (Å²) in [5.41, 5.74) is 1.39. The van der Waals surface area contributed by atoms with Crippen molar-refractivity contribution in [3.05, 3.63) is 24.0 Å². The lowest BCUT2D eigenvalue weighted by atomic mass is 10.0. The second-order valence-corrected chi connectivity index (χ2v) is 4.99. The van der Waals surface area contributed by atoms with Crippen molar-refractivity contribution in [3.63, 3.8) is 0 Å². The number of rotatable bonds is 6. The molecule has 1 aliphatic heterocycles. The molecule has 1 aromatic rings. The summed E-state index contributed by atoms with van der Waals surface area (Å²) in [6, 6.07) is 4.89. The molecule has 1 aliphatic rings. The van der Waals surface area contributed by atoms with E-state index in [4.69, 9.17) is 4.74 Å². The van der Waals surface area contributed by atoms with Gasteiger partial charge in [-0.05, 0) is 37.8 Å². The summed E-state index contributed by atoms with van der Waals surface area (Å²) in [5, 5.41) is 3.62. The fourth-order valence-electron chi connectivity index (χ4n) is 2.45. The zero-order valence-corrected chi connectivity index (χ0v) is 11.0. The molecule has 1 aromatic heterocycles. The van der Waals surface area contributed by atoms with E-state index in [1.54, 1.807) is 0 Å². The quantitative estimate of drug-likeness (QED) is 0.821. The van der Waals surface area contributed by atoms with E-state index in [2.05, 4.69) is 42.1 Å². The predicted molar refractivity (Wildman–Crippen MR) is 70.0 cm³/mol. The smallest absolute Gasteiger partial charge is 0.0509 e. The zero-order valence-electron chi connectivity index (χ0n) is 11.0. The molecule has 17 heavy (non-hydrogen) atoms. The van der Waals surface area contributed by atoms with Crippen LogP contribution >= 0.6 is 0 Å². The highest BCUT2D eigenvalue weighted by Gasteiger charge is 2.21. The molecule has 1 N–H and O–H groups in total. The molecule has 96 valence electrons. The van der Waals surface area contributed by atoms with Gasteiger partial charge in [0.2, 0.25) is 0 Å². The van der Waals surface area contributed by atoms with Crippen LogP contribution in [0.3, 0.4) is 0 Å². The third-order valence-corrected chi connectivity index (χ3v) is 3.67. The summed E-state index contributed by atoms with van der Waals surface area (Å²) >= 11 is 0. The van der Waals surface area contributed by atoms with Crippen LogP contribution in [-0.2, 0) is 17.8 Å². The van der Waals surface area contributed by atoms with Gasteiger partial charge in [-0.3, -0.25) is 0 Å². The summed E-state index contributed by atoms with van der Waals surface area (Å²) in [6.07, 6.45) is 4.56. The van der Waals surface area contributed by atoms with E-state index in [0.29, 0.717) is 12.0 Å². The average Bonchev–Trinajstić information content (AvgIpc) is 2.97. The van der Waals surface area contributed by atoms with Crippen LogP contribution in [0.15, 0.2) is 18.3 Å². The summed E-state index contributed by atoms with van der Waals surface area (Å²) in [5.74, 6) is 0.685. The summed E-state index contributed by atoms with van der Waals surface area (Å²) in [6.45, 7) is 8.42. The van der Waals surface area contributed by atoms with Crippen LogP contribution in [0.4, 0.5) is 0 Å².